The van der Waals surface area contributed by atoms with Crippen LogP contribution in [0.5, 0.6) is 0 Å². The predicted octanol–water partition coefficient (Wildman–Crippen LogP) is 4.52. The maximum Gasteiger partial charge on any atom is 0.416 e. The molecule has 1 amide bonds. The van der Waals surface area contributed by atoms with Crippen LogP contribution >= 0.6 is 0 Å². The predicted molar refractivity (Wildman–Crippen MR) is 99.3 cm³/mol. The molecule has 0 atom stereocenters. The fourth-order valence-electron chi connectivity index (χ4n) is 2.84. The van der Waals surface area contributed by atoms with Crippen LogP contribution in [0, 0.1) is 0 Å². The summed E-state index contributed by atoms with van der Waals surface area (Å²) in [5.74, 6) is -0.639. The van der Waals surface area contributed by atoms with Gasteiger partial charge in [0.25, 0.3) is 5.91 Å². The quantitative estimate of drug-likeness (QED) is 0.668. The molecule has 0 radical (unpaired) electrons. The molecular weight excluding hydrogens is 371 g/mol. The average Bonchev–Trinajstić information content (AvgIpc) is 2.65. The molecular formula is C21H18F3NO3. The van der Waals surface area contributed by atoms with Crippen molar-refractivity contribution in [2.45, 2.75) is 25.4 Å². The van der Waals surface area contributed by atoms with E-state index in [0.717, 1.165) is 12.1 Å². The molecule has 1 N–H and O–H groups in total. The van der Waals surface area contributed by atoms with Crippen molar-refractivity contribution in [2.75, 3.05) is 6.54 Å². The number of amides is 1. The first-order valence-electron chi connectivity index (χ1n) is 8.57. The third kappa shape index (κ3) is 4.08. The second kappa shape index (κ2) is 7.14. The topological polar surface area (TPSA) is 59.3 Å². The van der Waals surface area contributed by atoms with E-state index in [9.17, 15) is 22.8 Å². The number of rotatable bonds is 4. The monoisotopic (exact) mass is 389 g/mol. The number of carbonyl (C=O) groups excluding carboxylic acids is 1. The van der Waals surface area contributed by atoms with Crippen LogP contribution in [0.2, 0.25) is 0 Å². The molecule has 3 aromatic rings. The van der Waals surface area contributed by atoms with Crippen molar-refractivity contribution < 1.29 is 22.4 Å². The highest BCUT2D eigenvalue weighted by Crippen LogP contribution is 2.32. The number of benzene rings is 2. The van der Waals surface area contributed by atoms with E-state index in [1.807, 2.05) is 0 Å². The zero-order valence-corrected chi connectivity index (χ0v) is 15.3. The third-order valence-corrected chi connectivity index (χ3v) is 4.55. The van der Waals surface area contributed by atoms with Gasteiger partial charge in [-0.3, -0.25) is 4.79 Å². The van der Waals surface area contributed by atoms with Crippen LogP contribution in [0.25, 0.3) is 11.0 Å². The highest BCUT2D eigenvalue weighted by molar-refractivity contribution is 5.96. The van der Waals surface area contributed by atoms with Gasteiger partial charge in [-0.25, -0.2) is 4.79 Å². The summed E-state index contributed by atoms with van der Waals surface area (Å²) in [6, 6.07) is 13.2. The summed E-state index contributed by atoms with van der Waals surface area (Å²) >= 11 is 0. The lowest BCUT2D eigenvalue weighted by Gasteiger charge is -2.26. The van der Waals surface area contributed by atoms with E-state index >= 15 is 0 Å². The van der Waals surface area contributed by atoms with E-state index in [4.69, 9.17) is 4.42 Å². The van der Waals surface area contributed by atoms with Gasteiger partial charge >= 0.3 is 11.8 Å². The van der Waals surface area contributed by atoms with Crippen LogP contribution in [-0.4, -0.2) is 12.5 Å². The Kier molecular flexibility index (Phi) is 5.02. The first-order valence-corrected chi connectivity index (χ1v) is 8.57. The second-order valence-corrected chi connectivity index (χ2v) is 7.13. The van der Waals surface area contributed by atoms with Crippen LogP contribution in [0.15, 0.2) is 63.8 Å². The van der Waals surface area contributed by atoms with Gasteiger partial charge in [-0.2, -0.15) is 13.2 Å². The number of carbonyl (C=O) groups is 1. The van der Waals surface area contributed by atoms with Crippen molar-refractivity contribution >= 4 is 16.9 Å². The van der Waals surface area contributed by atoms with Gasteiger partial charge < -0.3 is 9.73 Å². The average molecular weight is 389 g/mol. The summed E-state index contributed by atoms with van der Waals surface area (Å²) in [5.41, 5.74) is -1.67. The Morgan fingerprint density at radius 1 is 1.00 bits per heavy atom. The minimum Gasteiger partial charge on any atom is -0.422 e. The molecule has 1 heterocycles. The molecule has 7 heteroatoms. The van der Waals surface area contributed by atoms with Crippen molar-refractivity contribution in [3.63, 3.8) is 0 Å². The summed E-state index contributed by atoms with van der Waals surface area (Å²) < 4.78 is 44.0. The number of halogens is 3. The van der Waals surface area contributed by atoms with Gasteiger partial charge in [0.2, 0.25) is 0 Å². The molecule has 0 unspecified atom stereocenters. The Labute approximate surface area is 159 Å². The maximum atomic E-state index is 12.9. The molecule has 0 aliphatic heterocycles. The highest BCUT2D eigenvalue weighted by Gasteiger charge is 2.32. The van der Waals surface area contributed by atoms with Gasteiger partial charge in [0.05, 0.1) is 5.56 Å². The van der Waals surface area contributed by atoms with E-state index in [0.29, 0.717) is 16.5 Å². The summed E-state index contributed by atoms with van der Waals surface area (Å²) in [7, 11) is 0. The molecule has 0 aliphatic rings. The van der Waals surface area contributed by atoms with E-state index in [1.165, 1.54) is 12.1 Å². The molecule has 4 nitrogen and oxygen atoms in total. The Morgan fingerprint density at radius 2 is 1.68 bits per heavy atom. The van der Waals surface area contributed by atoms with Crippen LogP contribution in [0.1, 0.15) is 35.3 Å². The van der Waals surface area contributed by atoms with Crippen LogP contribution in [-0.2, 0) is 11.6 Å². The molecule has 0 fully saturated rings. The van der Waals surface area contributed by atoms with Gasteiger partial charge in [-0.05, 0) is 23.8 Å². The smallest absolute Gasteiger partial charge is 0.416 e. The summed E-state index contributed by atoms with van der Waals surface area (Å²) in [4.78, 5) is 24.5. The van der Waals surface area contributed by atoms with Gasteiger partial charge in [0.15, 0.2) is 0 Å². The van der Waals surface area contributed by atoms with E-state index in [2.05, 4.69) is 5.32 Å². The Balaban J connectivity index is 1.80. The SMILES string of the molecule is CC(C)(CNC(=O)c1cc2ccccc2oc1=O)c1cccc(C(F)(F)F)c1. The summed E-state index contributed by atoms with van der Waals surface area (Å²) in [6.07, 6.45) is -4.45. The van der Waals surface area contributed by atoms with Gasteiger partial charge in [-0.1, -0.05) is 50.2 Å². The molecule has 1 aromatic heterocycles. The third-order valence-electron chi connectivity index (χ3n) is 4.55. The number of para-hydroxylation sites is 1. The molecule has 3 rings (SSSR count). The summed E-state index contributed by atoms with van der Waals surface area (Å²) in [6.45, 7) is 3.47. The lowest BCUT2D eigenvalue weighted by Crippen LogP contribution is -2.38. The standard InChI is InChI=1S/C21H18F3NO3/c1-20(2,14-7-5-8-15(11-14)21(22,23)24)12-25-18(26)16-10-13-6-3-4-9-17(13)28-19(16)27/h3-11H,12H2,1-2H3,(H,25,26). The minimum absolute atomic E-state index is 0.0411. The van der Waals surface area contributed by atoms with Crippen molar-refractivity contribution in [3.05, 3.63) is 81.7 Å². The molecule has 0 saturated carbocycles. The van der Waals surface area contributed by atoms with Crippen molar-refractivity contribution in [1.82, 2.24) is 5.32 Å². The Hall–Kier alpha value is -3.09. The van der Waals surface area contributed by atoms with Crippen molar-refractivity contribution in [1.29, 1.82) is 0 Å². The summed E-state index contributed by atoms with van der Waals surface area (Å²) in [5, 5.41) is 3.22. The molecule has 0 saturated heterocycles. The fraction of sp³-hybridized carbons (Fsp3) is 0.238. The fourth-order valence-corrected chi connectivity index (χ4v) is 2.84. The molecule has 146 valence electrons. The molecule has 0 spiro atoms. The van der Waals surface area contributed by atoms with Gasteiger partial charge in [0.1, 0.15) is 11.1 Å². The normalized spacial score (nSPS) is 12.2. The van der Waals surface area contributed by atoms with Gasteiger partial charge in [-0.15, -0.1) is 0 Å². The Bertz CT molecular complexity index is 1080. The van der Waals surface area contributed by atoms with Crippen LogP contribution in [0.4, 0.5) is 13.2 Å². The van der Waals surface area contributed by atoms with Gasteiger partial charge in [0, 0.05) is 17.3 Å². The molecule has 0 bridgehead atoms. The molecule has 28 heavy (non-hydrogen) atoms. The second-order valence-electron chi connectivity index (χ2n) is 7.13. The molecule has 2 aromatic carbocycles. The number of alkyl halides is 3. The Morgan fingerprint density at radius 3 is 2.39 bits per heavy atom. The first kappa shape index (κ1) is 19.7. The van der Waals surface area contributed by atoms with Crippen LogP contribution < -0.4 is 10.9 Å². The lowest BCUT2D eigenvalue weighted by molar-refractivity contribution is -0.137. The van der Waals surface area contributed by atoms with Crippen molar-refractivity contribution in [2.24, 2.45) is 0 Å². The van der Waals surface area contributed by atoms with Crippen LogP contribution in [0.3, 0.4) is 0 Å². The zero-order chi connectivity index (χ0) is 20.5. The highest BCUT2D eigenvalue weighted by atomic mass is 19.4. The number of fused-ring (bicyclic) bond motifs is 1. The number of hydrogen-bond acceptors (Lipinski definition) is 3. The minimum atomic E-state index is -4.45. The van der Waals surface area contributed by atoms with E-state index < -0.39 is 28.7 Å². The maximum absolute atomic E-state index is 12.9. The lowest BCUT2D eigenvalue weighted by atomic mass is 9.83. The molecule has 0 aliphatic carbocycles. The largest absolute Gasteiger partial charge is 0.422 e. The number of nitrogens with one attached hydrogen (secondary N) is 1. The first-order chi connectivity index (χ1) is 13.1. The number of hydrogen-bond donors (Lipinski definition) is 1. The van der Waals surface area contributed by atoms with E-state index in [-0.39, 0.29) is 12.1 Å². The van der Waals surface area contributed by atoms with E-state index in [1.54, 1.807) is 44.2 Å². The zero-order valence-electron chi connectivity index (χ0n) is 15.3. The van der Waals surface area contributed by atoms with Crippen molar-refractivity contribution in [3.8, 4) is 0 Å².